The topological polar surface area (TPSA) is 363 Å². The fourth-order valence-electron chi connectivity index (χ4n) is 16.0. The first-order valence-corrected chi connectivity index (χ1v) is 35.5. The average molecular weight is 1720 g/mol. The van der Waals surface area contributed by atoms with Crippen molar-refractivity contribution in [2.45, 2.75) is 133 Å². The zero-order valence-electron chi connectivity index (χ0n) is 62.5. The van der Waals surface area contributed by atoms with Crippen LogP contribution in [0, 0.1) is 0 Å². The molecule has 9 aliphatic heterocycles. The summed E-state index contributed by atoms with van der Waals surface area (Å²) in [5.74, 6) is 0.827. The Labute approximate surface area is 737 Å². The number of hydrogen-bond acceptors (Lipinski definition) is 22. The molecule has 112 heavy (non-hydrogen) atoms. The van der Waals surface area contributed by atoms with Gasteiger partial charge in [-0.25, -0.2) is 14.5 Å². The Morgan fingerprint density at radius 2 is 0.929 bits per heavy atom. The Kier molecular flexibility index (Phi) is 29.6. The zero-order chi connectivity index (χ0) is 78.5. The molecule has 7 N–H and O–H groups in total. The Hall–Kier alpha value is -7.68. The van der Waals surface area contributed by atoms with Crippen molar-refractivity contribution in [3.8, 4) is 74.5 Å². The standard InChI is InChI=1S/C25H20F3N3O5.C24H22F3N3O4.C23H21N3O4.CH3I.CH2O3.CH4O2.CH4.2K.H/c1-34-18-4-2-3-17-20(13-9-14-6-7-15(10-13)31(14)23(32)25(26,27)28)16-8-5-12(11-19(16)35-21(17)18)22-29-24(33)36-30-22;1-33-18-4-2-3-17-20(16-8-5-12(22(28)29-32)11-19(16)34-21(17)18)13-9-14-6-7-15(10-13)30(14)23(31)24(25,26)27;1-28-18-4-2-3-17-20(13-9-14-6-7-15(10-13)24-14)16-8-5-12(11-19(16)29-21(17)18)22-25-23(27)30-26-22;1-2;2-1-4-3;1-3-2;;;;/h2-5,8,11,14-15H,6-7,9-10H2,1H3,(H,29,30,33);2-5,8,11,14-15,32H,6-7,9-10H2,1H3,(H2,28,29);2-5,8,11,14-15,24H,6-7,9-10H2,1H3,(H,25,26,27);1H3;1,3H;2H,1H3;1H4;;;/q;;;;;;;2*+1;-1/p-1/i;;;1D;;;;;;. The van der Waals surface area contributed by atoms with Crippen LogP contribution in [0.25, 0.3) is 39.5 Å². The number of amidine groups is 1. The van der Waals surface area contributed by atoms with Gasteiger partial charge in [-0.3, -0.25) is 38.7 Å². The van der Waals surface area contributed by atoms with E-state index in [2.05, 4.69) is 55.6 Å². The van der Waals surface area contributed by atoms with Crippen LogP contribution in [0.5, 0.6) is 51.7 Å². The number of para-hydroxylation sites is 3. The van der Waals surface area contributed by atoms with Crippen molar-refractivity contribution >= 4 is 63.4 Å². The second-order valence-electron chi connectivity index (χ2n) is 26.2. The normalized spacial score (nSPS) is 19.5. The van der Waals surface area contributed by atoms with E-state index >= 15 is 0 Å². The summed E-state index contributed by atoms with van der Waals surface area (Å²) in [4.78, 5) is 69.1. The van der Waals surface area contributed by atoms with E-state index in [4.69, 9.17) is 56.0 Å². The number of methoxy groups -OCH3 is 3. The fraction of sp³-hybridized carbons (Fsp3) is 0.342. The van der Waals surface area contributed by atoms with Crippen molar-refractivity contribution in [1.29, 1.82) is 0 Å². The Morgan fingerprint density at radius 1 is 0.598 bits per heavy atom. The van der Waals surface area contributed by atoms with Crippen LogP contribution >= 0.6 is 22.6 Å². The molecule has 0 aliphatic carbocycles. The van der Waals surface area contributed by atoms with Gasteiger partial charge in [-0.05, 0) is 153 Å². The third-order valence-electron chi connectivity index (χ3n) is 20.2. The van der Waals surface area contributed by atoms with E-state index in [-0.39, 0.29) is 130 Å². The minimum Gasteiger partial charge on any atom is -1.00 e. The van der Waals surface area contributed by atoms with Crippen LogP contribution in [0.4, 0.5) is 26.3 Å². The number of nitrogens with zero attached hydrogens (tertiary/aromatic N) is 5. The number of oxime groups is 1. The van der Waals surface area contributed by atoms with Gasteiger partial charge in [-0.2, -0.15) is 26.3 Å². The first-order chi connectivity index (χ1) is 52.9. The Bertz CT molecular complexity index is 5030. The third kappa shape index (κ3) is 18.3. The van der Waals surface area contributed by atoms with Crippen LogP contribution in [0.2, 0.25) is 0 Å². The molecule has 6 atom stereocenters. The molecule has 0 saturated carbocycles. The molecule has 2 aromatic heterocycles. The maximum absolute atomic E-state index is 13.2. The van der Waals surface area contributed by atoms with Gasteiger partial charge in [-0.1, -0.05) is 117 Å². The van der Waals surface area contributed by atoms with Crippen molar-refractivity contribution in [2.75, 3.05) is 33.3 Å². The number of H-pyrrole nitrogens is 2. The van der Waals surface area contributed by atoms with Gasteiger partial charge in [0.1, 0.15) is 17.2 Å². The molecule has 0 spiro atoms. The second kappa shape index (κ2) is 38.2. The molecule has 6 aromatic carbocycles. The van der Waals surface area contributed by atoms with Crippen LogP contribution in [0.3, 0.4) is 0 Å². The SMILES string of the molecule is C.COO.COc1cccc2c1Oc1cc(-c3noc(=O)[nH]3)ccc1C2=C1CC2CCC(C1)N2.COc1cccc2c1Oc1cc(-c3noc(=O)[nH]3)ccc1C2=C1CC2CCC(C1)N2C(=O)C(F)(F)F.COc1cccc2c1Oc1cc(/C(N)=N/O)ccc1C2=C1CC2CCC(C1)N2C(=O)C(F)(F)F.O=CO[O-].[2H]CI.[H-].[K+].[K+]. The third-order valence-corrected chi connectivity index (χ3v) is 20.2. The van der Waals surface area contributed by atoms with Gasteiger partial charge in [0.2, 0.25) is 0 Å². The number of nitrogens with two attached hydrogens (primary N) is 1. The van der Waals surface area contributed by atoms with Gasteiger partial charge in [0.05, 0.1) is 28.4 Å². The van der Waals surface area contributed by atoms with Gasteiger partial charge in [0.15, 0.2) is 52.0 Å². The van der Waals surface area contributed by atoms with Crippen LogP contribution in [-0.2, 0) is 24.2 Å². The summed E-state index contributed by atoms with van der Waals surface area (Å²) in [6.45, 7) is -0.181. The molecular weight excluding hydrogens is 1650 g/mol. The number of piperidine rings is 3. The predicted molar refractivity (Wildman–Crippen MR) is 393 cm³/mol. The number of hydrogen-bond donors (Lipinski definition) is 6. The summed E-state index contributed by atoms with van der Waals surface area (Å²) in [5, 5.41) is 38.9. The van der Waals surface area contributed by atoms with Gasteiger partial charge < -0.3 is 66.1 Å². The summed E-state index contributed by atoms with van der Waals surface area (Å²) in [5.41, 5.74) is 19.0. The number of fused-ring (bicyclic) bond motifs is 12. The van der Waals surface area contributed by atoms with Crippen molar-refractivity contribution in [2.24, 2.45) is 10.9 Å². The number of aromatic nitrogens is 4. The monoisotopic (exact) mass is 1720 g/mol. The molecule has 9 aliphatic rings. The van der Waals surface area contributed by atoms with Crippen LogP contribution in [-0.4, -0.2) is 147 Å². The Balaban J connectivity index is 0.000000199. The molecule has 584 valence electrons. The molecule has 11 heterocycles. The average Bonchev–Trinajstić information content (AvgIpc) is 1.50. The summed E-state index contributed by atoms with van der Waals surface area (Å²) in [6.07, 6.45) is -1.78. The largest absolute Gasteiger partial charge is 1.00 e. The molecule has 27 nitrogen and oxygen atoms in total. The number of carbonyl (C=O) groups is 3. The number of nitrogens with one attached hydrogen (secondary N) is 3. The maximum Gasteiger partial charge on any atom is 1.00 e. The van der Waals surface area contributed by atoms with Crippen LogP contribution < -0.4 is 159 Å². The second-order valence-corrected chi connectivity index (χ2v) is 26.2. The van der Waals surface area contributed by atoms with E-state index in [1.54, 1.807) is 49.6 Å². The summed E-state index contributed by atoms with van der Waals surface area (Å²) in [6, 6.07) is 32.4. The number of benzene rings is 6. The number of amides is 2. The number of alkyl halides is 7. The molecular formula is C76H76F6IK2N9O18. The van der Waals surface area contributed by atoms with Crippen molar-refractivity contribution in [3.05, 3.63) is 186 Å². The van der Waals surface area contributed by atoms with Crippen molar-refractivity contribution < 1.29 is 209 Å². The van der Waals surface area contributed by atoms with E-state index < -0.39 is 59.8 Å². The van der Waals surface area contributed by atoms with E-state index in [0.29, 0.717) is 126 Å². The minimum absolute atomic E-state index is 0. The molecule has 6 unspecified atom stereocenters. The van der Waals surface area contributed by atoms with Crippen LogP contribution in [0.1, 0.15) is 126 Å². The van der Waals surface area contributed by atoms with Gasteiger partial charge in [0.25, 0.3) is 6.47 Å². The molecule has 6 bridgehead atoms. The van der Waals surface area contributed by atoms with E-state index in [1.165, 1.54) is 45.3 Å². The molecule has 6 fully saturated rings. The van der Waals surface area contributed by atoms with Crippen molar-refractivity contribution in [3.63, 3.8) is 0 Å². The smallest absolute Gasteiger partial charge is 1.00 e. The first-order valence-electron chi connectivity index (χ1n) is 34.7. The Morgan fingerprint density at radius 3 is 1.23 bits per heavy atom. The molecule has 0 radical (unpaired) electrons. The minimum atomic E-state index is -4.89. The summed E-state index contributed by atoms with van der Waals surface area (Å²) in [7, 11) is 5.89. The number of rotatable bonds is 7. The summed E-state index contributed by atoms with van der Waals surface area (Å²) >= 11 is 1.96. The molecule has 8 aromatic rings. The van der Waals surface area contributed by atoms with E-state index in [0.717, 1.165) is 95.4 Å². The fourth-order valence-corrected chi connectivity index (χ4v) is 16.0. The number of halogens is 7. The number of carbonyl (C=O) groups excluding carboxylic acids is 3. The quantitative estimate of drug-likeness (QED) is 0.00871. The van der Waals surface area contributed by atoms with Gasteiger partial charge in [0, 0.05) is 87.7 Å². The summed E-state index contributed by atoms with van der Waals surface area (Å²) < 4.78 is 130. The van der Waals surface area contributed by atoms with Gasteiger partial charge in [-0.15, -0.1) is 0 Å². The first kappa shape index (κ1) is 86.7. The molecule has 17 rings (SSSR count). The van der Waals surface area contributed by atoms with Crippen LogP contribution in [0.15, 0.2) is 150 Å². The number of aromatic amines is 2. The molecule has 2 amide bonds. The molecule has 6 saturated heterocycles. The van der Waals surface area contributed by atoms with E-state index in [9.17, 15) is 45.5 Å². The molecule has 36 heteroatoms. The number of ether oxygens (including phenoxy) is 6. The maximum atomic E-state index is 13.2. The van der Waals surface area contributed by atoms with E-state index in [1.807, 2.05) is 83.3 Å². The van der Waals surface area contributed by atoms with Gasteiger partial charge >= 0.3 is 138 Å². The predicted octanol–water partition coefficient (Wildman–Crippen LogP) is 7.28. The van der Waals surface area contributed by atoms with Crippen molar-refractivity contribution in [1.82, 2.24) is 35.4 Å². The zero-order valence-corrected chi connectivity index (χ0v) is 68.9.